The molecule has 5 nitrogen and oxygen atoms in total. The van der Waals surface area contributed by atoms with Crippen LogP contribution in [-0.2, 0) is 17.8 Å². The largest absolute Gasteiger partial charge is 0.493 e. The molecule has 3 rings (SSSR count). The summed E-state index contributed by atoms with van der Waals surface area (Å²) in [5.74, 6) is 0.939. The lowest BCUT2D eigenvalue weighted by Gasteiger charge is -2.15. The fourth-order valence-corrected chi connectivity index (χ4v) is 4.40. The lowest BCUT2D eigenvalue weighted by atomic mass is 10.0. The van der Waals surface area contributed by atoms with Gasteiger partial charge >= 0.3 is 0 Å². The number of nitrogens with zero attached hydrogens (tertiary/aromatic N) is 1. The second-order valence-electron chi connectivity index (χ2n) is 6.50. The quantitative estimate of drug-likeness (QED) is 0.346. The summed E-state index contributed by atoms with van der Waals surface area (Å²) in [7, 11) is 1.59. The number of hydrogen-bond donors (Lipinski definition) is 0. The van der Waals surface area contributed by atoms with Crippen molar-refractivity contribution in [1.29, 1.82) is 0 Å². The van der Waals surface area contributed by atoms with Crippen LogP contribution in [0.2, 0.25) is 0 Å². The molecule has 30 heavy (non-hydrogen) atoms. The number of halogens is 1. The smallest absolute Gasteiger partial charge is 0.293 e. The molecular formula is C23H22BrNO4S. The van der Waals surface area contributed by atoms with Gasteiger partial charge in [0, 0.05) is 10.0 Å². The number of allylic oxidation sites excluding steroid dienone is 1. The van der Waals surface area contributed by atoms with Gasteiger partial charge in [-0.2, -0.15) is 0 Å². The maximum absolute atomic E-state index is 12.9. The van der Waals surface area contributed by atoms with Crippen LogP contribution in [0.25, 0.3) is 6.08 Å². The molecule has 2 amide bonds. The summed E-state index contributed by atoms with van der Waals surface area (Å²) in [5.41, 5.74) is 2.54. The van der Waals surface area contributed by atoms with Gasteiger partial charge in [0.1, 0.15) is 0 Å². The van der Waals surface area contributed by atoms with E-state index in [1.54, 1.807) is 19.3 Å². The molecule has 0 atom stereocenters. The van der Waals surface area contributed by atoms with Crippen LogP contribution in [-0.4, -0.2) is 29.8 Å². The number of ether oxygens (including phenoxy) is 2. The van der Waals surface area contributed by atoms with E-state index in [2.05, 4.69) is 22.5 Å². The topological polar surface area (TPSA) is 55.8 Å². The molecule has 0 spiro atoms. The van der Waals surface area contributed by atoms with E-state index in [-0.39, 0.29) is 17.7 Å². The van der Waals surface area contributed by atoms with Gasteiger partial charge in [0.15, 0.2) is 11.5 Å². The molecule has 1 fully saturated rings. The number of hydrogen-bond acceptors (Lipinski definition) is 5. The van der Waals surface area contributed by atoms with E-state index >= 15 is 0 Å². The second kappa shape index (κ2) is 10.00. The summed E-state index contributed by atoms with van der Waals surface area (Å²) < 4.78 is 12.1. The third kappa shape index (κ3) is 4.79. The lowest BCUT2D eigenvalue weighted by Crippen LogP contribution is -2.27. The molecule has 1 aliphatic rings. The van der Waals surface area contributed by atoms with Crippen molar-refractivity contribution in [3.63, 3.8) is 0 Å². The maximum atomic E-state index is 12.9. The van der Waals surface area contributed by atoms with Crippen molar-refractivity contribution in [2.75, 3.05) is 13.7 Å². The lowest BCUT2D eigenvalue weighted by molar-refractivity contribution is -0.123. The first-order valence-electron chi connectivity index (χ1n) is 9.41. The van der Waals surface area contributed by atoms with E-state index in [9.17, 15) is 9.59 Å². The molecule has 1 aliphatic heterocycles. The molecule has 7 heteroatoms. The van der Waals surface area contributed by atoms with Crippen LogP contribution in [0.5, 0.6) is 11.5 Å². The number of benzene rings is 2. The average molecular weight is 488 g/mol. The number of amides is 2. The van der Waals surface area contributed by atoms with Crippen LogP contribution in [0.15, 0.2) is 58.4 Å². The molecule has 2 aromatic carbocycles. The highest BCUT2D eigenvalue weighted by molar-refractivity contribution is 9.10. The number of rotatable bonds is 8. The zero-order valence-corrected chi connectivity index (χ0v) is 19.2. The Morgan fingerprint density at radius 2 is 1.97 bits per heavy atom. The van der Waals surface area contributed by atoms with Gasteiger partial charge in [0.2, 0.25) is 0 Å². The van der Waals surface area contributed by atoms with Crippen molar-refractivity contribution < 1.29 is 19.1 Å². The summed E-state index contributed by atoms with van der Waals surface area (Å²) in [6, 6.07) is 11.3. The van der Waals surface area contributed by atoms with Gasteiger partial charge in [-0.1, -0.05) is 40.2 Å². The van der Waals surface area contributed by atoms with Gasteiger partial charge in [-0.15, -0.1) is 6.58 Å². The molecular weight excluding hydrogens is 466 g/mol. The van der Waals surface area contributed by atoms with Crippen LogP contribution >= 0.6 is 27.7 Å². The number of imide groups is 1. The predicted molar refractivity (Wildman–Crippen MR) is 124 cm³/mol. The standard InChI is InChI=1S/C23H22BrNO4S/c1-4-8-16-11-15(12-19(29-5-2)21(16)28-3)13-20-22(26)25(23(27)30-20)14-17-9-6-7-10-18(17)24/h4,6-7,9-13H,1,5,8,14H2,2-3H3/b20-13+. The molecule has 0 aliphatic carbocycles. The third-order valence-corrected chi connectivity index (χ3v) is 6.16. The van der Waals surface area contributed by atoms with Gasteiger partial charge in [-0.25, -0.2) is 0 Å². The van der Waals surface area contributed by atoms with Crippen LogP contribution in [0, 0.1) is 0 Å². The van der Waals surface area contributed by atoms with Crippen molar-refractivity contribution in [2.24, 2.45) is 0 Å². The molecule has 0 saturated carbocycles. The van der Waals surface area contributed by atoms with Gasteiger partial charge in [-0.05, 0) is 60.5 Å². The first-order chi connectivity index (χ1) is 14.5. The molecule has 156 valence electrons. The van der Waals surface area contributed by atoms with E-state index in [1.807, 2.05) is 43.3 Å². The van der Waals surface area contributed by atoms with Crippen LogP contribution in [0.4, 0.5) is 4.79 Å². The molecule has 0 radical (unpaired) electrons. The first-order valence-corrected chi connectivity index (χ1v) is 11.0. The summed E-state index contributed by atoms with van der Waals surface area (Å²) in [6.07, 6.45) is 4.09. The summed E-state index contributed by atoms with van der Waals surface area (Å²) in [5, 5.41) is -0.285. The Hall–Kier alpha value is -2.51. The minimum absolute atomic E-state index is 0.220. The molecule has 2 aromatic rings. The second-order valence-corrected chi connectivity index (χ2v) is 8.34. The molecule has 0 N–H and O–H groups in total. The molecule has 1 saturated heterocycles. The molecule has 0 aromatic heterocycles. The highest BCUT2D eigenvalue weighted by Crippen LogP contribution is 2.37. The van der Waals surface area contributed by atoms with Crippen LogP contribution in [0.1, 0.15) is 23.6 Å². The van der Waals surface area contributed by atoms with Crippen LogP contribution in [0.3, 0.4) is 0 Å². The predicted octanol–water partition coefficient (Wildman–Crippen LogP) is 5.82. The molecule has 0 bridgehead atoms. The van der Waals surface area contributed by atoms with E-state index in [1.165, 1.54) is 4.90 Å². The highest BCUT2D eigenvalue weighted by atomic mass is 79.9. The van der Waals surface area contributed by atoms with Crippen molar-refractivity contribution >= 4 is 44.9 Å². The monoisotopic (exact) mass is 487 g/mol. The van der Waals surface area contributed by atoms with Crippen molar-refractivity contribution in [2.45, 2.75) is 19.9 Å². The van der Waals surface area contributed by atoms with Gasteiger partial charge in [-0.3, -0.25) is 14.5 Å². The zero-order chi connectivity index (χ0) is 21.7. The Labute approximate surface area is 188 Å². The number of thioether (sulfide) groups is 1. The van der Waals surface area contributed by atoms with E-state index in [0.29, 0.717) is 29.4 Å². The summed E-state index contributed by atoms with van der Waals surface area (Å²) in [4.78, 5) is 27.0. The Kier molecular flexibility index (Phi) is 7.39. The van der Waals surface area contributed by atoms with E-state index < -0.39 is 0 Å². The fourth-order valence-electron chi connectivity index (χ4n) is 3.15. The number of carbonyl (C=O) groups is 2. The maximum Gasteiger partial charge on any atom is 0.293 e. The number of methoxy groups -OCH3 is 1. The van der Waals surface area contributed by atoms with Gasteiger partial charge in [0.05, 0.1) is 25.2 Å². The van der Waals surface area contributed by atoms with Gasteiger partial charge in [0.25, 0.3) is 11.1 Å². The minimum atomic E-state index is -0.306. The highest BCUT2D eigenvalue weighted by Gasteiger charge is 2.35. The van der Waals surface area contributed by atoms with Crippen molar-refractivity contribution in [1.82, 2.24) is 4.90 Å². The van der Waals surface area contributed by atoms with E-state index in [4.69, 9.17) is 9.47 Å². The van der Waals surface area contributed by atoms with Crippen molar-refractivity contribution in [3.05, 3.63) is 75.1 Å². The Morgan fingerprint density at radius 3 is 2.63 bits per heavy atom. The van der Waals surface area contributed by atoms with Crippen LogP contribution < -0.4 is 9.47 Å². The molecule has 1 heterocycles. The average Bonchev–Trinajstić information content (AvgIpc) is 2.97. The zero-order valence-electron chi connectivity index (χ0n) is 16.8. The fraction of sp³-hybridized carbons (Fsp3) is 0.217. The SMILES string of the molecule is C=CCc1cc(/C=C2/SC(=O)N(Cc3ccccc3Br)C2=O)cc(OCC)c1OC. The normalized spacial score (nSPS) is 15.0. The molecule has 0 unspecified atom stereocenters. The van der Waals surface area contributed by atoms with Crippen molar-refractivity contribution in [3.8, 4) is 11.5 Å². The number of carbonyl (C=O) groups excluding carboxylic acids is 2. The minimum Gasteiger partial charge on any atom is -0.493 e. The summed E-state index contributed by atoms with van der Waals surface area (Å²) >= 11 is 4.41. The Morgan fingerprint density at radius 1 is 1.20 bits per heavy atom. The Bertz CT molecular complexity index is 1020. The third-order valence-electron chi connectivity index (χ3n) is 4.48. The Balaban J connectivity index is 1.93. The van der Waals surface area contributed by atoms with E-state index in [0.717, 1.165) is 32.9 Å². The first kappa shape index (κ1) is 22.2. The summed E-state index contributed by atoms with van der Waals surface area (Å²) in [6.45, 7) is 6.39. The van der Waals surface area contributed by atoms with Gasteiger partial charge < -0.3 is 9.47 Å².